The Morgan fingerprint density at radius 3 is 2.06 bits per heavy atom. The number of aliphatic carboxylic acids is 2. The first-order valence-electron chi connectivity index (χ1n) is 10.0. The average molecular weight is 465 g/mol. The molecule has 33 heavy (non-hydrogen) atoms. The average Bonchev–Trinajstić information content (AvgIpc) is 2.82. The van der Waals surface area contributed by atoms with Gasteiger partial charge in [-0.2, -0.15) is 5.10 Å². The molecule has 2 aromatic heterocycles. The number of nitrogens with one attached hydrogen (secondary N) is 1. The normalized spacial score (nSPS) is 10.2. The Morgan fingerprint density at radius 1 is 0.818 bits per heavy atom. The Balaban J connectivity index is 0.000000331. The van der Waals surface area contributed by atoms with Crippen LogP contribution in [0.1, 0.15) is 24.2 Å². The van der Waals surface area contributed by atoms with Gasteiger partial charge in [0.15, 0.2) is 5.82 Å². The zero-order chi connectivity index (χ0) is 23.6. The number of pyridine rings is 1. The molecular weight excluding hydrogens is 444 g/mol. The Labute approximate surface area is 194 Å². The zero-order valence-electron chi connectivity index (χ0n) is 17.5. The van der Waals surface area contributed by atoms with Crippen molar-refractivity contribution in [2.75, 3.05) is 5.32 Å². The van der Waals surface area contributed by atoms with Crippen molar-refractivity contribution in [3.63, 3.8) is 0 Å². The number of halogens is 1. The van der Waals surface area contributed by atoms with Crippen LogP contribution in [0.25, 0.3) is 10.8 Å². The number of anilines is 2. The maximum absolute atomic E-state index is 9.64. The zero-order valence-corrected chi connectivity index (χ0v) is 18.2. The number of rotatable bonds is 7. The second-order valence-corrected chi connectivity index (χ2v) is 7.39. The monoisotopic (exact) mass is 464 g/mol. The van der Waals surface area contributed by atoms with E-state index >= 15 is 0 Å². The van der Waals surface area contributed by atoms with Gasteiger partial charge in [0, 0.05) is 39.8 Å². The molecular formula is C24H21ClN4O4. The third-order valence-electron chi connectivity index (χ3n) is 4.50. The van der Waals surface area contributed by atoms with Crippen LogP contribution < -0.4 is 5.32 Å². The highest BCUT2D eigenvalue weighted by Crippen LogP contribution is 2.27. The smallest absolute Gasteiger partial charge is 0.303 e. The lowest BCUT2D eigenvalue weighted by Gasteiger charge is -2.11. The van der Waals surface area contributed by atoms with E-state index in [4.69, 9.17) is 21.8 Å². The van der Waals surface area contributed by atoms with Crippen molar-refractivity contribution in [1.82, 2.24) is 15.2 Å². The molecule has 4 rings (SSSR count). The number of hydrogen-bond acceptors (Lipinski definition) is 6. The number of carbonyl (C=O) groups is 2. The molecule has 0 amide bonds. The number of hydrogen-bond donors (Lipinski definition) is 3. The van der Waals surface area contributed by atoms with Gasteiger partial charge in [-0.1, -0.05) is 41.9 Å². The number of carboxylic acids is 2. The summed E-state index contributed by atoms with van der Waals surface area (Å²) in [5.74, 6) is -1.43. The van der Waals surface area contributed by atoms with Crippen LogP contribution in [-0.2, 0) is 16.0 Å². The molecule has 0 aliphatic carbocycles. The van der Waals surface area contributed by atoms with Crippen molar-refractivity contribution >= 4 is 45.8 Å². The van der Waals surface area contributed by atoms with E-state index in [0.29, 0.717) is 11.4 Å². The van der Waals surface area contributed by atoms with Crippen LogP contribution in [0.3, 0.4) is 0 Å². The first-order chi connectivity index (χ1) is 15.9. The fourth-order valence-electron chi connectivity index (χ4n) is 2.94. The van der Waals surface area contributed by atoms with E-state index in [1.807, 2.05) is 60.7 Å². The van der Waals surface area contributed by atoms with E-state index in [2.05, 4.69) is 26.6 Å². The van der Waals surface area contributed by atoms with E-state index in [1.54, 1.807) is 6.20 Å². The van der Waals surface area contributed by atoms with Crippen molar-refractivity contribution in [2.24, 2.45) is 0 Å². The summed E-state index contributed by atoms with van der Waals surface area (Å²) in [6, 6.07) is 21.5. The topological polar surface area (TPSA) is 125 Å². The Hall–Kier alpha value is -4.04. The van der Waals surface area contributed by atoms with Crippen LogP contribution in [0.4, 0.5) is 11.5 Å². The van der Waals surface area contributed by atoms with Crippen molar-refractivity contribution in [2.45, 2.75) is 19.3 Å². The van der Waals surface area contributed by atoms with Gasteiger partial charge in [0.05, 0.1) is 18.5 Å². The molecule has 2 aromatic carbocycles. The minimum absolute atomic E-state index is 0.296. The maximum Gasteiger partial charge on any atom is 0.303 e. The lowest BCUT2D eigenvalue weighted by atomic mass is 10.1. The maximum atomic E-state index is 9.64. The van der Waals surface area contributed by atoms with E-state index in [0.717, 1.165) is 33.7 Å². The van der Waals surface area contributed by atoms with Crippen LogP contribution in [0.5, 0.6) is 0 Å². The van der Waals surface area contributed by atoms with Crippen LogP contribution in [0.15, 0.2) is 72.9 Å². The number of nitrogens with zero attached hydrogens (tertiary/aromatic N) is 3. The van der Waals surface area contributed by atoms with Gasteiger partial charge < -0.3 is 15.5 Å². The number of aromatic nitrogens is 3. The van der Waals surface area contributed by atoms with Gasteiger partial charge in [-0.3, -0.25) is 14.6 Å². The number of fused-ring (bicyclic) bond motifs is 1. The molecule has 4 aromatic rings. The Bertz CT molecular complexity index is 1220. The summed E-state index contributed by atoms with van der Waals surface area (Å²) in [4.78, 5) is 23.7. The van der Waals surface area contributed by atoms with Crippen molar-refractivity contribution in [3.05, 3.63) is 89.3 Å². The quantitative estimate of drug-likeness (QED) is 0.351. The highest BCUT2D eigenvalue weighted by molar-refractivity contribution is 6.30. The lowest BCUT2D eigenvalue weighted by molar-refractivity contribution is -0.143. The molecule has 0 spiro atoms. The predicted octanol–water partition coefficient (Wildman–Crippen LogP) is 4.95. The third-order valence-corrected chi connectivity index (χ3v) is 4.75. The third kappa shape index (κ3) is 7.26. The summed E-state index contributed by atoms with van der Waals surface area (Å²) >= 11 is 5.95. The second-order valence-electron chi connectivity index (χ2n) is 6.96. The van der Waals surface area contributed by atoms with E-state index < -0.39 is 11.9 Å². The highest BCUT2D eigenvalue weighted by atomic mass is 35.5. The van der Waals surface area contributed by atoms with Crippen LogP contribution in [0.2, 0.25) is 5.02 Å². The molecule has 3 N–H and O–H groups in total. The van der Waals surface area contributed by atoms with Crippen LogP contribution >= 0.6 is 11.6 Å². The molecule has 0 radical (unpaired) electrons. The molecule has 0 saturated heterocycles. The summed E-state index contributed by atoms with van der Waals surface area (Å²) in [6.07, 6.45) is 1.85. The molecule has 0 unspecified atom stereocenters. The van der Waals surface area contributed by atoms with Gasteiger partial charge in [-0.25, -0.2) is 0 Å². The lowest BCUT2D eigenvalue weighted by Crippen LogP contribution is -2.02. The first-order valence-corrected chi connectivity index (χ1v) is 10.4. The van der Waals surface area contributed by atoms with E-state index in [9.17, 15) is 9.59 Å². The first kappa shape index (κ1) is 23.6. The fraction of sp³-hybridized carbons (Fsp3) is 0.125. The van der Waals surface area contributed by atoms with Crippen LogP contribution in [-0.4, -0.2) is 37.3 Å². The van der Waals surface area contributed by atoms with Crippen molar-refractivity contribution in [3.8, 4) is 0 Å². The summed E-state index contributed by atoms with van der Waals surface area (Å²) in [6.45, 7) is 0. The Kier molecular flexibility index (Phi) is 8.26. The molecule has 168 valence electrons. The van der Waals surface area contributed by atoms with Crippen molar-refractivity contribution < 1.29 is 19.8 Å². The predicted molar refractivity (Wildman–Crippen MR) is 126 cm³/mol. The number of carboxylic acid groups (broad SMARTS) is 2. The van der Waals surface area contributed by atoms with Gasteiger partial charge in [0.25, 0.3) is 0 Å². The van der Waals surface area contributed by atoms with E-state index in [-0.39, 0.29) is 12.8 Å². The molecule has 0 saturated carbocycles. The molecule has 0 aliphatic rings. The molecule has 8 nitrogen and oxygen atoms in total. The SMILES string of the molecule is Clc1ccc(Nc2nnc(Cc3ccccn3)c3ccccc23)cc1.O=C(O)CCC(=O)O. The summed E-state index contributed by atoms with van der Waals surface area (Å²) < 4.78 is 0. The van der Waals surface area contributed by atoms with Gasteiger partial charge in [-0.15, -0.1) is 5.10 Å². The van der Waals surface area contributed by atoms with Crippen molar-refractivity contribution in [1.29, 1.82) is 0 Å². The Morgan fingerprint density at radius 2 is 1.45 bits per heavy atom. The fourth-order valence-corrected chi connectivity index (χ4v) is 3.07. The van der Waals surface area contributed by atoms with Gasteiger partial charge in [0.2, 0.25) is 0 Å². The largest absolute Gasteiger partial charge is 0.481 e. The highest BCUT2D eigenvalue weighted by Gasteiger charge is 2.10. The van der Waals surface area contributed by atoms with Gasteiger partial charge in [0.1, 0.15) is 0 Å². The van der Waals surface area contributed by atoms with E-state index in [1.165, 1.54) is 0 Å². The molecule has 0 atom stereocenters. The molecule has 0 aliphatic heterocycles. The molecule has 0 bridgehead atoms. The standard InChI is InChI=1S/C20H15ClN4.C4H6O4/c21-14-8-10-15(11-9-14)23-20-18-7-2-1-6-17(18)19(24-25-20)13-16-5-3-4-12-22-16;5-3(6)1-2-4(7)8/h1-12H,13H2,(H,23,25);1-2H2,(H,5,6)(H,7,8). The minimum Gasteiger partial charge on any atom is -0.481 e. The van der Waals surface area contributed by atoms with Gasteiger partial charge >= 0.3 is 11.9 Å². The molecule has 9 heteroatoms. The number of benzene rings is 2. The second kappa shape index (κ2) is 11.5. The summed E-state index contributed by atoms with van der Waals surface area (Å²) in [5.41, 5.74) is 2.80. The molecule has 2 heterocycles. The minimum atomic E-state index is -1.08. The summed E-state index contributed by atoms with van der Waals surface area (Å²) in [7, 11) is 0. The van der Waals surface area contributed by atoms with Gasteiger partial charge in [-0.05, 0) is 36.4 Å². The molecule has 0 fully saturated rings. The van der Waals surface area contributed by atoms with Crippen LogP contribution in [0, 0.1) is 0 Å². The summed E-state index contributed by atoms with van der Waals surface area (Å²) in [5, 5.41) is 30.7.